The van der Waals surface area contributed by atoms with Crippen LogP contribution in [0.2, 0.25) is 0 Å². The highest BCUT2D eigenvalue weighted by Gasteiger charge is 2.10. The van der Waals surface area contributed by atoms with Gasteiger partial charge in [0.25, 0.3) is 0 Å². The van der Waals surface area contributed by atoms with Gasteiger partial charge in [-0.05, 0) is 55.3 Å². The lowest BCUT2D eigenvalue weighted by Gasteiger charge is -2.17. The Balaban J connectivity index is 0.000000356. The van der Waals surface area contributed by atoms with Gasteiger partial charge < -0.3 is 21.8 Å². The third-order valence-electron chi connectivity index (χ3n) is 5.95. The molecule has 3 heterocycles. The minimum atomic E-state index is 0.473. The van der Waals surface area contributed by atoms with E-state index in [1.807, 2.05) is 61.1 Å². The number of thiol groups is 1. The molecule has 35 heavy (non-hydrogen) atoms. The minimum Gasteiger partial charge on any atom is -0.404 e. The number of hydrogen-bond acceptors (Lipinski definition) is 6. The summed E-state index contributed by atoms with van der Waals surface area (Å²) in [4.78, 5) is 13.3. The molecule has 6 nitrogen and oxygen atoms in total. The van der Waals surface area contributed by atoms with E-state index in [0.717, 1.165) is 69.7 Å². The lowest BCUT2D eigenvalue weighted by Crippen LogP contribution is -2.35. The molecule has 0 atom stereocenters. The topological polar surface area (TPSA) is 105 Å². The van der Waals surface area contributed by atoms with Crippen LogP contribution in [0, 0.1) is 0 Å². The molecule has 1 fully saturated rings. The minimum absolute atomic E-state index is 0.473. The van der Waals surface area contributed by atoms with Crippen molar-refractivity contribution in [3.63, 3.8) is 0 Å². The van der Waals surface area contributed by atoms with E-state index in [9.17, 15) is 0 Å². The van der Waals surface area contributed by atoms with E-state index in [1.54, 1.807) is 6.20 Å². The monoisotopic (exact) mass is 484 g/mol. The predicted octanol–water partition coefficient (Wildman–Crippen LogP) is 4.79. The molecule has 2 aromatic heterocycles. The van der Waals surface area contributed by atoms with Gasteiger partial charge in [0.1, 0.15) is 5.65 Å². The number of aromatic nitrogens is 2. The summed E-state index contributed by atoms with van der Waals surface area (Å²) in [7, 11) is 0. The van der Waals surface area contributed by atoms with Gasteiger partial charge in [0.05, 0.1) is 6.54 Å². The Morgan fingerprint density at radius 1 is 1.06 bits per heavy atom. The summed E-state index contributed by atoms with van der Waals surface area (Å²) >= 11 is 4.35. The van der Waals surface area contributed by atoms with E-state index in [2.05, 4.69) is 51.1 Å². The van der Waals surface area contributed by atoms with Crippen molar-refractivity contribution in [2.24, 2.45) is 16.5 Å². The van der Waals surface area contributed by atoms with Crippen LogP contribution in [0.5, 0.6) is 0 Å². The second kappa shape index (κ2) is 12.4. The van der Waals surface area contributed by atoms with E-state index < -0.39 is 0 Å². The first-order chi connectivity index (χ1) is 17.1. The lowest BCUT2D eigenvalue weighted by atomic mass is 10.0. The van der Waals surface area contributed by atoms with Crippen molar-refractivity contribution in [2.45, 2.75) is 30.3 Å². The fourth-order valence-corrected chi connectivity index (χ4v) is 4.08. The van der Waals surface area contributed by atoms with Crippen LogP contribution in [-0.2, 0) is 6.54 Å². The molecule has 7 heteroatoms. The van der Waals surface area contributed by atoms with Crippen molar-refractivity contribution in [1.82, 2.24) is 15.3 Å². The SMILES string of the molecule is N/C=C(\C=NCc1ccccc1)c1c[nH]c2ncc(-c3ccc(S)cc3)cc12.NC1CCNCC1. The number of aliphatic imine (C=N–C) groups is 1. The van der Waals surface area contributed by atoms with Crippen molar-refractivity contribution >= 4 is 35.4 Å². The Bertz CT molecular complexity index is 1270. The molecular formula is C28H32N6S. The number of H-pyrrole nitrogens is 1. The molecule has 0 unspecified atom stereocenters. The Morgan fingerprint density at radius 2 is 1.80 bits per heavy atom. The maximum Gasteiger partial charge on any atom is 0.137 e. The van der Waals surface area contributed by atoms with Gasteiger partial charge in [0.2, 0.25) is 0 Å². The van der Waals surface area contributed by atoms with E-state index in [-0.39, 0.29) is 0 Å². The number of nitrogens with one attached hydrogen (secondary N) is 2. The van der Waals surface area contributed by atoms with Crippen LogP contribution in [0.3, 0.4) is 0 Å². The Morgan fingerprint density at radius 3 is 2.46 bits per heavy atom. The molecule has 5 rings (SSSR count). The summed E-state index contributed by atoms with van der Waals surface area (Å²) in [6.45, 7) is 2.84. The largest absolute Gasteiger partial charge is 0.404 e. The van der Waals surface area contributed by atoms with Crippen LogP contribution in [0.4, 0.5) is 0 Å². The first kappa shape index (κ1) is 24.7. The quantitative estimate of drug-likeness (QED) is 0.208. The van der Waals surface area contributed by atoms with Gasteiger partial charge in [0, 0.05) is 57.8 Å². The number of pyridine rings is 1. The van der Waals surface area contributed by atoms with Crippen LogP contribution < -0.4 is 16.8 Å². The van der Waals surface area contributed by atoms with Gasteiger partial charge in [0.15, 0.2) is 0 Å². The first-order valence-electron chi connectivity index (χ1n) is 11.8. The van der Waals surface area contributed by atoms with Gasteiger partial charge in [-0.25, -0.2) is 4.98 Å². The average molecular weight is 485 g/mol. The number of allylic oxidation sites excluding steroid dienone is 1. The van der Waals surface area contributed by atoms with E-state index >= 15 is 0 Å². The second-order valence-electron chi connectivity index (χ2n) is 8.53. The molecule has 0 bridgehead atoms. The molecule has 0 aliphatic carbocycles. The zero-order valence-electron chi connectivity index (χ0n) is 19.7. The number of piperidine rings is 1. The van der Waals surface area contributed by atoms with Crippen LogP contribution in [0.15, 0.2) is 89.1 Å². The first-order valence-corrected chi connectivity index (χ1v) is 12.3. The summed E-state index contributed by atoms with van der Waals surface area (Å²) in [6.07, 6.45) is 9.49. The zero-order valence-corrected chi connectivity index (χ0v) is 20.6. The van der Waals surface area contributed by atoms with Crippen LogP contribution in [0.1, 0.15) is 24.0 Å². The van der Waals surface area contributed by atoms with Crippen molar-refractivity contribution in [1.29, 1.82) is 0 Å². The number of aromatic amines is 1. The maximum atomic E-state index is 5.90. The van der Waals surface area contributed by atoms with Crippen molar-refractivity contribution in [2.75, 3.05) is 13.1 Å². The molecule has 1 saturated heterocycles. The number of nitrogens with zero attached hydrogens (tertiary/aromatic N) is 2. The number of nitrogens with two attached hydrogens (primary N) is 2. The lowest BCUT2D eigenvalue weighted by molar-refractivity contribution is 0.458. The van der Waals surface area contributed by atoms with Crippen LogP contribution >= 0.6 is 12.6 Å². The molecule has 0 spiro atoms. The standard InChI is InChI=1S/C23H20N4S.C5H12N2/c24-11-19(13-25-12-16-4-2-1-3-5-16)22-15-27-23-21(22)10-18(14-26-23)17-6-8-20(28)9-7-17;6-5-1-3-7-4-2-5/h1-11,13-15,28H,12,24H2,(H,26,27);5,7H,1-4,6H2/b19-11+,25-13?;. The Labute approximate surface area is 212 Å². The smallest absolute Gasteiger partial charge is 0.137 e. The highest BCUT2D eigenvalue weighted by molar-refractivity contribution is 7.80. The van der Waals surface area contributed by atoms with Gasteiger partial charge >= 0.3 is 0 Å². The fourth-order valence-electron chi connectivity index (χ4n) is 3.93. The molecule has 0 radical (unpaired) electrons. The zero-order chi connectivity index (χ0) is 24.5. The summed E-state index contributed by atoms with van der Waals surface area (Å²) in [6, 6.07) is 20.8. The molecule has 0 amide bonds. The van der Waals surface area contributed by atoms with Gasteiger partial charge in [-0.2, -0.15) is 0 Å². The molecule has 1 aliphatic rings. The summed E-state index contributed by atoms with van der Waals surface area (Å²) in [5, 5.41) is 4.24. The normalized spacial score (nSPS) is 14.7. The van der Waals surface area contributed by atoms with Crippen LogP contribution in [0.25, 0.3) is 27.7 Å². The highest BCUT2D eigenvalue weighted by atomic mass is 32.1. The van der Waals surface area contributed by atoms with Gasteiger partial charge in [-0.15, -0.1) is 12.6 Å². The number of fused-ring (bicyclic) bond motifs is 1. The van der Waals surface area contributed by atoms with Gasteiger partial charge in [-0.3, -0.25) is 4.99 Å². The van der Waals surface area contributed by atoms with Crippen molar-refractivity contribution < 1.29 is 0 Å². The molecule has 2 aromatic carbocycles. The second-order valence-corrected chi connectivity index (χ2v) is 9.05. The number of hydrogen-bond donors (Lipinski definition) is 5. The van der Waals surface area contributed by atoms with Crippen molar-refractivity contribution in [3.05, 3.63) is 90.4 Å². The molecule has 6 N–H and O–H groups in total. The number of rotatable bonds is 5. The van der Waals surface area contributed by atoms with Crippen LogP contribution in [-0.4, -0.2) is 35.3 Å². The maximum absolute atomic E-state index is 5.90. The predicted molar refractivity (Wildman–Crippen MR) is 150 cm³/mol. The molecule has 180 valence electrons. The third-order valence-corrected chi connectivity index (χ3v) is 6.25. The number of benzene rings is 2. The van der Waals surface area contributed by atoms with E-state index in [0.29, 0.717) is 12.6 Å². The fraction of sp³-hybridized carbons (Fsp3) is 0.214. The molecular weight excluding hydrogens is 452 g/mol. The Kier molecular flexibility index (Phi) is 8.73. The van der Waals surface area contributed by atoms with Crippen molar-refractivity contribution in [3.8, 4) is 11.1 Å². The van der Waals surface area contributed by atoms with E-state index in [1.165, 1.54) is 0 Å². The summed E-state index contributed by atoms with van der Waals surface area (Å²) in [5.74, 6) is 0. The van der Waals surface area contributed by atoms with E-state index in [4.69, 9.17) is 11.5 Å². The molecule has 4 aromatic rings. The third kappa shape index (κ3) is 6.82. The molecule has 1 aliphatic heterocycles. The summed E-state index contributed by atoms with van der Waals surface area (Å²) < 4.78 is 0. The molecule has 0 saturated carbocycles. The Hall–Kier alpha value is -3.39. The van der Waals surface area contributed by atoms with Gasteiger partial charge in [-0.1, -0.05) is 42.5 Å². The highest BCUT2D eigenvalue weighted by Crippen LogP contribution is 2.28. The summed E-state index contributed by atoms with van der Waals surface area (Å²) in [5.41, 5.74) is 17.4. The average Bonchev–Trinajstić information content (AvgIpc) is 3.32.